The minimum atomic E-state index is -0.193. The number of hydrogen-bond donors (Lipinski definition) is 4. The summed E-state index contributed by atoms with van der Waals surface area (Å²) in [6.07, 6.45) is 6.15. The van der Waals surface area contributed by atoms with Crippen molar-refractivity contribution >= 4 is 46.5 Å². The molecule has 2 atom stereocenters. The number of benzene rings is 2. The van der Waals surface area contributed by atoms with Gasteiger partial charge in [0.15, 0.2) is 5.11 Å². The topological polar surface area (TPSA) is 68.7 Å². The molecule has 0 spiro atoms. The monoisotopic (exact) mass is 444 g/mol. The molecule has 7 heteroatoms. The van der Waals surface area contributed by atoms with Crippen LogP contribution in [0.5, 0.6) is 5.75 Å². The predicted octanol–water partition coefficient (Wildman–Crippen LogP) is 5.91. The Balaban J connectivity index is 1.70. The highest BCUT2D eigenvalue weighted by molar-refractivity contribution is 7.80. The Morgan fingerprint density at radius 1 is 1.27 bits per heavy atom. The number of phenols is 1. The Morgan fingerprint density at radius 2 is 2.07 bits per heavy atom. The number of thiocarbonyl (C=S) groups is 1. The lowest BCUT2D eigenvalue weighted by Crippen LogP contribution is -2.49. The summed E-state index contributed by atoms with van der Waals surface area (Å²) in [6.45, 7) is 6.21. The molecule has 5 nitrogen and oxygen atoms in total. The van der Waals surface area contributed by atoms with Gasteiger partial charge in [-0.15, -0.1) is 0 Å². The molecule has 2 aromatic carbocycles. The van der Waals surface area contributed by atoms with Crippen molar-refractivity contribution in [2.45, 2.75) is 58.7 Å². The van der Waals surface area contributed by atoms with Crippen molar-refractivity contribution in [2.24, 2.45) is 4.99 Å². The van der Waals surface area contributed by atoms with Gasteiger partial charge in [-0.05, 0) is 72.9 Å². The average Bonchev–Trinajstić information content (AvgIpc) is 2.74. The molecule has 1 aliphatic rings. The summed E-state index contributed by atoms with van der Waals surface area (Å²) >= 11 is 11.7. The van der Waals surface area contributed by atoms with E-state index in [1.54, 1.807) is 6.07 Å². The van der Waals surface area contributed by atoms with Crippen LogP contribution in [0.15, 0.2) is 35.3 Å². The van der Waals surface area contributed by atoms with E-state index in [9.17, 15) is 5.11 Å². The van der Waals surface area contributed by atoms with Gasteiger partial charge in [-0.25, -0.2) is 0 Å². The highest BCUT2D eigenvalue weighted by atomic mass is 35.5. The second kappa shape index (κ2) is 10.1. The predicted molar refractivity (Wildman–Crippen MR) is 131 cm³/mol. The van der Waals surface area contributed by atoms with Crippen LogP contribution in [-0.2, 0) is 0 Å². The molecule has 3 rings (SSSR count). The van der Waals surface area contributed by atoms with Crippen LogP contribution in [-0.4, -0.2) is 28.6 Å². The van der Waals surface area contributed by atoms with Gasteiger partial charge in [0.25, 0.3) is 0 Å². The van der Waals surface area contributed by atoms with E-state index in [1.165, 1.54) is 12.8 Å². The zero-order chi connectivity index (χ0) is 21.7. The smallest absolute Gasteiger partial charge is 0.168 e. The van der Waals surface area contributed by atoms with Crippen LogP contribution in [0.25, 0.3) is 11.1 Å². The van der Waals surface area contributed by atoms with Crippen molar-refractivity contribution in [3.63, 3.8) is 0 Å². The van der Waals surface area contributed by atoms with E-state index in [0.717, 1.165) is 40.9 Å². The average molecular weight is 445 g/mol. The number of hydrogen-bond acceptors (Lipinski definition) is 4. The number of nitrogens with zero attached hydrogens (tertiary/aromatic N) is 1. The number of anilines is 1. The number of aromatic hydroxyl groups is 1. The molecule has 0 radical (unpaired) electrons. The molecule has 0 aliphatic carbocycles. The van der Waals surface area contributed by atoms with Crippen LogP contribution in [0.1, 0.15) is 45.1 Å². The van der Waals surface area contributed by atoms with Crippen molar-refractivity contribution in [2.75, 3.05) is 5.32 Å². The molecular weight excluding hydrogens is 416 g/mol. The molecular formula is C23H29ClN4OS. The van der Waals surface area contributed by atoms with Gasteiger partial charge in [0, 0.05) is 12.3 Å². The lowest BCUT2D eigenvalue weighted by atomic mass is 10.0. The molecule has 0 amide bonds. The van der Waals surface area contributed by atoms with Gasteiger partial charge < -0.3 is 21.1 Å². The maximum absolute atomic E-state index is 9.93. The molecule has 30 heavy (non-hydrogen) atoms. The van der Waals surface area contributed by atoms with Crippen LogP contribution >= 0.6 is 23.8 Å². The lowest BCUT2D eigenvalue weighted by molar-refractivity contribution is 0.471. The number of aliphatic imine (C=N–C) groups is 1. The van der Waals surface area contributed by atoms with E-state index in [2.05, 4.69) is 34.8 Å². The molecule has 4 N–H and O–H groups in total. The van der Waals surface area contributed by atoms with E-state index in [4.69, 9.17) is 23.8 Å². The number of unbranched alkanes of at least 4 members (excludes halogenated alkanes) is 1. The molecule has 2 aromatic rings. The third-order valence-electron chi connectivity index (χ3n) is 5.28. The van der Waals surface area contributed by atoms with Crippen molar-refractivity contribution in [1.82, 2.24) is 10.6 Å². The van der Waals surface area contributed by atoms with Crippen LogP contribution in [0, 0.1) is 6.92 Å². The number of aryl methyl sites for hydroxylation is 1. The van der Waals surface area contributed by atoms with Crippen molar-refractivity contribution in [3.05, 3.63) is 40.9 Å². The van der Waals surface area contributed by atoms with Gasteiger partial charge in [0.05, 0.1) is 16.4 Å². The van der Waals surface area contributed by atoms with Crippen molar-refractivity contribution in [3.8, 4) is 16.9 Å². The Morgan fingerprint density at radius 3 is 2.77 bits per heavy atom. The third kappa shape index (κ3) is 5.43. The van der Waals surface area contributed by atoms with Gasteiger partial charge in [-0.3, -0.25) is 4.99 Å². The first-order valence-electron chi connectivity index (χ1n) is 10.4. The molecule has 0 bridgehead atoms. The standard InChI is InChI=1S/C23H29ClN4OS/c1-4-6-7-17(5-2)26-23(30)28-21-13-25-19-9-8-15(12-20(19)27-21)16-10-14(3)22(29)18(24)11-16/h8-13,17,21,27,29H,4-7H2,1-3H3,(H2,26,28,30). The van der Waals surface area contributed by atoms with Crippen LogP contribution in [0.4, 0.5) is 11.4 Å². The molecule has 0 saturated carbocycles. The van der Waals surface area contributed by atoms with Gasteiger partial charge in [0.2, 0.25) is 0 Å². The largest absolute Gasteiger partial charge is 0.506 e. The summed E-state index contributed by atoms with van der Waals surface area (Å²) < 4.78 is 0. The summed E-state index contributed by atoms with van der Waals surface area (Å²) in [7, 11) is 0. The number of phenolic OH excluding ortho intramolecular Hbond substituents is 1. The summed E-state index contributed by atoms with van der Waals surface area (Å²) in [5, 5.41) is 21.0. The molecule has 160 valence electrons. The quantitative estimate of drug-likeness (QED) is 0.400. The SMILES string of the molecule is CCCCC(CC)NC(=S)NC1C=Nc2ccc(-c3cc(C)c(O)c(Cl)c3)cc2N1. The minimum Gasteiger partial charge on any atom is -0.506 e. The molecule has 0 aromatic heterocycles. The fourth-order valence-electron chi connectivity index (χ4n) is 3.48. The third-order valence-corrected chi connectivity index (χ3v) is 5.80. The zero-order valence-corrected chi connectivity index (χ0v) is 19.2. The maximum atomic E-state index is 9.93. The van der Waals surface area contributed by atoms with Gasteiger partial charge in [0.1, 0.15) is 11.9 Å². The van der Waals surface area contributed by atoms with Crippen molar-refractivity contribution in [1.29, 1.82) is 0 Å². The first-order valence-corrected chi connectivity index (χ1v) is 11.2. The van der Waals surface area contributed by atoms with Crippen LogP contribution in [0.3, 0.4) is 0 Å². The Labute approximate surface area is 188 Å². The van der Waals surface area contributed by atoms with Crippen molar-refractivity contribution < 1.29 is 5.11 Å². The summed E-state index contributed by atoms with van der Waals surface area (Å²) in [4.78, 5) is 4.56. The van der Waals surface area contributed by atoms with E-state index in [1.807, 2.05) is 37.4 Å². The van der Waals surface area contributed by atoms with Crippen LogP contribution in [0.2, 0.25) is 5.02 Å². The Kier molecular flexibility index (Phi) is 7.56. The first-order chi connectivity index (χ1) is 14.4. The summed E-state index contributed by atoms with van der Waals surface area (Å²) in [5.41, 5.74) is 4.46. The van der Waals surface area contributed by atoms with E-state index >= 15 is 0 Å². The highest BCUT2D eigenvalue weighted by Gasteiger charge is 2.17. The summed E-state index contributed by atoms with van der Waals surface area (Å²) in [6, 6.07) is 10.1. The Hall–Kier alpha value is -2.31. The summed E-state index contributed by atoms with van der Waals surface area (Å²) in [5.74, 6) is 0.121. The molecule has 0 fully saturated rings. The molecule has 0 saturated heterocycles. The number of halogens is 1. The lowest BCUT2D eigenvalue weighted by Gasteiger charge is -2.26. The first kappa shape index (κ1) is 22.4. The minimum absolute atomic E-state index is 0.121. The van der Waals surface area contributed by atoms with Gasteiger partial charge >= 0.3 is 0 Å². The Bertz CT molecular complexity index is 924. The maximum Gasteiger partial charge on any atom is 0.168 e. The number of fused-ring (bicyclic) bond motifs is 1. The normalized spacial score (nSPS) is 15.8. The van der Waals surface area contributed by atoms with E-state index in [-0.39, 0.29) is 11.9 Å². The number of rotatable bonds is 7. The zero-order valence-electron chi connectivity index (χ0n) is 17.6. The van der Waals surface area contributed by atoms with Gasteiger partial charge in [-0.1, -0.05) is 44.4 Å². The van der Waals surface area contributed by atoms with Crippen LogP contribution < -0.4 is 16.0 Å². The molecule has 1 heterocycles. The molecule has 2 unspecified atom stereocenters. The van der Waals surface area contributed by atoms with Gasteiger partial charge in [-0.2, -0.15) is 0 Å². The van der Waals surface area contributed by atoms with E-state index < -0.39 is 0 Å². The number of nitrogens with one attached hydrogen (secondary N) is 3. The second-order valence-electron chi connectivity index (χ2n) is 7.62. The second-order valence-corrected chi connectivity index (χ2v) is 8.44. The van der Waals surface area contributed by atoms with E-state index in [0.29, 0.717) is 16.2 Å². The fourth-order valence-corrected chi connectivity index (χ4v) is 4.04. The highest BCUT2D eigenvalue weighted by Crippen LogP contribution is 2.36. The fraction of sp³-hybridized carbons (Fsp3) is 0.391. The molecule has 1 aliphatic heterocycles.